The Morgan fingerprint density at radius 1 is 1.17 bits per heavy atom. The SMILES string of the molecule is Cc1cc(C)c(C2(C3CCNC3)COC2)c(C)c1. The zero-order valence-corrected chi connectivity index (χ0v) is 11.7. The maximum absolute atomic E-state index is 5.62. The smallest absolute Gasteiger partial charge is 0.0589 e. The van der Waals surface area contributed by atoms with Crippen molar-refractivity contribution in [3.05, 3.63) is 34.4 Å². The number of ether oxygens (including phenoxy) is 1. The lowest BCUT2D eigenvalue weighted by Crippen LogP contribution is -2.53. The van der Waals surface area contributed by atoms with Gasteiger partial charge >= 0.3 is 0 Å². The molecular weight excluding hydrogens is 222 g/mol. The largest absolute Gasteiger partial charge is 0.379 e. The van der Waals surface area contributed by atoms with Gasteiger partial charge in [0.05, 0.1) is 13.2 Å². The first kappa shape index (κ1) is 12.2. The third-order valence-corrected chi connectivity index (χ3v) is 4.74. The molecule has 2 saturated heterocycles. The zero-order chi connectivity index (χ0) is 12.8. The lowest BCUT2D eigenvalue weighted by Gasteiger charge is -2.48. The monoisotopic (exact) mass is 245 g/mol. The van der Waals surface area contributed by atoms with E-state index in [1.165, 1.54) is 23.1 Å². The van der Waals surface area contributed by atoms with Gasteiger partial charge in [0, 0.05) is 5.41 Å². The van der Waals surface area contributed by atoms with Crippen molar-refractivity contribution in [2.75, 3.05) is 26.3 Å². The van der Waals surface area contributed by atoms with Crippen LogP contribution >= 0.6 is 0 Å². The summed E-state index contributed by atoms with van der Waals surface area (Å²) in [5, 5.41) is 3.51. The fraction of sp³-hybridized carbons (Fsp3) is 0.625. The van der Waals surface area contributed by atoms with Crippen LogP contribution in [0.5, 0.6) is 0 Å². The summed E-state index contributed by atoms with van der Waals surface area (Å²) in [5.74, 6) is 0.742. The number of benzene rings is 1. The van der Waals surface area contributed by atoms with Crippen LogP contribution in [0.15, 0.2) is 12.1 Å². The first-order valence-corrected chi connectivity index (χ1v) is 7.00. The summed E-state index contributed by atoms with van der Waals surface area (Å²) < 4.78 is 5.62. The summed E-state index contributed by atoms with van der Waals surface area (Å²) in [4.78, 5) is 0. The molecule has 2 heterocycles. The maximum Gasteiger partial charge on any atom is 0.0589 e. The van der Waals surface area contributed by atoms with Crippen LogP contribution in [0.4, 0.5) is 0 Å². The molecule has 2 aliphatic rings. The fourth-order valence-electron chi connectivity index (χ4n) is 4.00. The van der Waals surface area contributed by atoms with Crippen LogP contribution in [-0.2, 0) is 10.2 Å². The number of hydrogen-bond acceptors (Lipinski definition) is 2. The highest BCUT2D eigenvalue weighted by atomic mass is 16.5. The van der Waals surface area contributed by atoms with Crippen LogP contribution in [-0.4, -0.2) is 26.3 Å². The molecule has 2 aliphatic heterocycles. The van der Waals surface area contributed by atoms with Crippen LogP contribution < -0.4 is 5.32 Å². The quantitative estimate of drug-likeness (QED) is 0.864. The Morgan fingerprint density at radius 3 is 2.28 bits per heavy atom. The van der Waals surface area contributed by atoms with Crippen molar-refractivity contribution >= 4 is 0 Å². The lowest BCUT2D eigenvalue weighted by molar-refractivity contribution is -0.0875. The van der Waals surface area contributed by atoms with Gasteiger partial charge in [-0.25, -0.2) is 0 Å². The molecule has 2 fully saturated rings. The zero-order valence-electron chi connectivity index (χ0n) is 11.7. The molecule has 2 heteroatoms. The van der Waals surface area contributed by atoms with Gasteiger partial charge in [0.15, 0.2) is 0 Å². The minimum atomic E-state index is 0.283. The third-order valence-electron chi connectivity index (χ3n) is 4.74. The van der Waals surface area contributed by atoms with Crippen molar-refractivity contribution in [3.8, 4) is 0 Å². The Bertz CT molecular complexity index is 433. The maximum atomic E-state index is 5.62. The third kappa shape index (κ3) is 1.70. The molecule has 1 atom stereocenters. The van der Waals surface area contributed by atoms with Crippen molar-refractivity contribution in [1.82, 2.24) is 5.32 Å². The fourth-order valence-corrected chi connectivity index (χ4v) is 4.00. The van der Waals surface area contributed by atoms with Gasteiger partial charge in [0.25, 0.3) is 0 Å². The van der Waals surface area contributed by atoms with Crippen molar-refractivity contribution in [3.63, 3.8) is 0 Å². The van der Waals surface area contributed by atoms with E-state index in [1.807, 2.05) is 0 Å². The van der Waals surface area contributed by atoms with E-state index in [2.05, 4.69) is 38.2 Å². The van der Waals surface area contributed by atoms with E-state index >= 15 is 0 Å². The number of hydrogen-bond donors (Lipinski definition) is 1. The molecule has 0 bridgehead atoms. The van der Waals surface area contributed by atoms with Crippen LogP contribution in [0.25, 0.3) is 0 Å². The molecule has 0 spiro atoms. The number of rotatable bonds is 2. The molecule has 2 nitrogen and oxygen atoms in total. The second-order valence-corrected chi connectivity index (χ2v) is 6.11. The second kappa shape index (κ2) is 4.36. The molecule has 3 rings (SSSR count). The summed E-state index contributed by atoms with van der Waals surface area (Å²) in [7, 11) is 0. The van der Waals surface area contributed by atoms with Gasteiger partial charge in [-0.3, -0.25) is 0 Å². The molecule has 98 valence electrons. The molecule has 1 aromatic carbocycles. The first-order valence-electron chi connectivity index (χ1n) is 7.00. The summed E-state index contributed by atoms with van der Waals surface area (Å²) in [6, 6.07) is 4.65. The van der Waals surface area contributed by atoms with Crippen molar-refractivity contribution in [2.24, 2.45) is 5.92 Å². The summed E-state index contributed by atoms with van der Waals surface area (Å²) in [6.45, 7) is 10.8. The van der Waals surface area contributed by atoms with Crippen LogP contribution in [0, 0.1) is 26.7 Å². The topological polar surface area (TPSA) is 21.3 Å². The molecule has 0 aliphatic carbocycles. The van der Waals surface area contributed by atoms with E-state index in [1.54, 1.807) is 5.56 Å². The molecule has 0 amide bonds. The second-order valence-electron chi connectivity index (χ2n) is 6.11. The molecule has 1 unspecified atom stereocenters. The van der Waals surface area contributed by atoms with Gasteiger partial charge in [-0.2, -0.15) is 0 Å². The Kier molecular flexibility index (Phi) is 2.95. The van der Waals surface area contributed by atoms with E-state index in [9.17, 15) is 0 Å². The van der Waals surface area contributed by atoms with Crippen molar-refractivity contribution in [2.45, 2.75) is 32.6 Å². The standard InChI is InChI=1S/C16H23NO/c1-11-6-12(2)15(13(3)7-11)16(9-18-10-16)14-4-5-17-8-14/h6-7,14,17H,4-5,8-10H2,1-3H3. The molecule has 1 aromatic rings. The Morgan fingerprint density at radius 2 is 1.83 bits per heavy atom. The lowest BCUT2D eigenvalue weighted by atomic mass is 9.65. The van der Waals surface area contributed by atoms with Gasteiger partial charge in [-0.15, -0.1) is 0 Å². The van der Waals surface area contributed by atoms with E-state index in [0.29, 0.717) is 0 Å². The van der Waals surface area contributed by atoms with E-state index in [0.717, 1.165) is 32.2 Å². The predicted octanol–water partition coefficient (Wildman–Crippen LogP) is 2.49. The van der Waals surface area contributed by atoms with Crippen LogP contribution in [0.1, 0.15) is 28.7 Å². The van der Waals surface area contributed by atoms with Gasteiger partial charge in [0.1, 0.15) is 0 Å². The predicted molar refractivity (Wildman–Crippen MR) is 74.1 cm³/mol. The average Bonchev–Trinajstić information content (AvgIpc) is 2.73. The highest BCUT2D eigenvalue weighted by Crippen LogP contribution is 2.44. The highest BCUT2D eigenvalue weighted by molar-refractivity contribution is 5.45. The first-order chi connectivity index (χ1) is 8.63. The Hall–Kier alpha value is -0.860. The molecule has 0 saturated carbocycles. The van der Waals surface area contributed by atoms with Crippen molar-refractivity contribution in [1.29, 1.82) is 0 Å². The van der Waals surface area contributed by atoms with E-state index < -0.39 is 0 Å². The summed E-state index contributed by atoms with van der Waals surface area (Å²) >= 11 is 0. The molecule has 1 N–H and O–H groups in total. The van der Waals surface area contributed by atoms with Gasteiger partial charge in [-0.05, 0) is 62.9 Å². The summed E-state index contributed by atoms with van der Waals surface area (Å²) in [5.41, 5.74) is 6.11. The Labute approximate surface area is 110 Å². The molecule has 0 aromatic heterocycles. The molecule has 0 radical (unpaired) electrons. The number of nitrogens with one attached hydrogen (secondary N) is 1. The molecular formula is C16H23NO. The van der Waals surface area contributed by atoms with Gasteiger partial charge < -0.3 is 10.1 Å². The summed E-state index contributed by atoms with van der Waals surface area (Å²) in [6.07, 6.45) is 1.29. The van der Waals surface area contributed by atoms with Gasteiger partial charge in [-0.1, -0.05) is 17.7 Å². The Balaban J connectivity index is 2.06. The molecule has 18 heavy (non-hydrogen) atoms. The average molecular weight is 245 g/mol. The van der Waals surface area contributed by atoms with Crippen LogP contribution in [0.3, 0.4) is 0 Å². The normalized spacial score (nSPS) is 26.1. The number of aryl methyl sites for hydroxylation is 3. The van der Waals surface area contributed by atoms with Crippen LogP contribution in [0.2, 0.25) is 0 Å². The van der Waals surface area contributed by atoms with E-state index in [4.69, 9.17) is 4.74 Å². The van der Waals surface area contributed by atoms with Crippen molar-refractivity contribution < 1.29 is 4.74 Å². The van der Waals surface area contributed by atoms with E-state index in [-0.39, 0.29) is 5.41 Å². The minimum absolute atomic E-state index is 0.283. The highest BCUT2D eigenvalue weighted by Gasteiger charge is 2.49. The minimum Gasteiger partial charge on any atom is -0.379 e. The van der Waals surface area contributed by atoms with Gasteiger partial charge in [0.2, 0.25) is 0 Å².